The zero-order chi connectivity index (χ0) is 17.6. The Morgan fingerprint density at radius 1 is 1.32 bits per heavy atom. The van der Waals surface area contributed by atoms with Crippen molar-refractivity contribution in [2.24, 2.45) is 0 Å². The number of nitrogens with one attached hydrogen (secondary N) is 1. The maximum absolute atomic E-state index is 12.0. The van der Waals surface area contributed by atoms with Crippen LogP contribution in [0, 0.1) is 0 Å². The maximum Gasteiger partial charge on any atom is 0.236 e. The van der Waals surface area contributed by atoms with E-state index in [4.69, 9.17) is 0 Å². The monoisotopic (exact) mass is 393 g/mol. The number of thiazole rings is 1. The van der Waals surface area contributed by atoms with Crippen molar-refractivity contribution in [1.29, 1.82) is 0 Å². The number of anilines is 1. The molecule has 9 heteroatoms. The van der Waals surface area contributed by atoms with Crippen LogP contribution in [0.15, 0.2) is 28.2 Å². The molecule has 132 valence electrons. The number of carbonyl (C=O) groups is 1. The van der Waals surface area contributed by atoms with Gasteiger partial charge in [0.1, 0.15) is 0 Å². The lowest BCUT2D eigenvalue weighted by Crippen LogP contribution is -2.14. The second-order valence-corrected chi connectivity index (χ2v) is 8.11. The van der Waals surface area contributed by atoms with Gasteiger partial charge in [0, 0.05) is 33.9 Å². The molecular weight excluding hydrogens is 374 g/mol. The Bertz CT molecular complexity index is 825. The minimum absolute atomic E-state index is 0.0899. The van der Waals surface area contributed by atoms with E-state index in [-0.39, 0.29) is 11.7 Å². The van der Waals surface area contributed by atoms with Crippen LogP contribution in [0.3, 0.4) is 0 Å². The predicted octanol–water partition coefficient (Wildman–Crippen LogP) is 4.17. The minimum atomic E-state index is -0.0899. The summed E-state index contributed by atoms with van der Waals surface area (Å²) in [5.41, 5.74) is 1.10. The number of amides is 1. The lowest BCUT2D eigenvalue weighted by molar-refractivity contribution is -0.113. The van der Waals surface area contributed by atoms with Crippen LogP contribution in [-0.4, -0.2) is 31.4 Å². The molecule has 0 radical (unpaired) electrons. The second kappa shape index (κ2) is 8.59. The summed E-state index contributed by atoms with van der Waals surface area (Å²) in [7, 11) is 0. The third kappa shape index (κ3) is 4.47. The predicted molar refractivity (Wildman–Crippen MR) is 104 cm³/mol. The molecule has 0 spiro atoms. The third-order valence-electron chi connectivity index (χ3n) is 3.45. The highest BCUT2D eigenvalue weighted by Gasteiger charge is 2.16. The lowest BCUT2D eigenvalue weighted by atomic mass is 10.2. The highest BCUT2D eigenvalue weighted by Crippen LogP contribution is 2.28. The van der Waals surface area contributed by atoms with E-state index in [1.165, 1.54) is 28.0 Å². The Balaban J connectivity index is 1.67. The topological polar surface area (TPSA) is 72.7 Å². The zero-order valence-corrected chi connectivity index (χ0v) is 16.5. The van der Waals surface area contributed by atoms with Crippen LogP contribution in [0.4, 0.5) is 5.13 Å². The van der Waals surface area contributed by atoms with Crippen LogP contribution >= 0.6 is 34.4 Å². The average molecular weight is 394 g/mol. The quantitative estimate of drug-likeness (QED) is 0.582. The Morgan fingerprint density at radius 3 is 2.92 bits per heavy atom. The summed E-state index contributed by atoms with van der Waals surface area (Å²) in [4.78, 5) is 17.4. The van der Waals surface area contributed by atoms with Crippen LogP contribution in [0.25, 0.3) is 11.4 Å². The molecule has 3 aromatic heterocycles. The van der Waals surface area contributed by atoms with Gasteiger partial charge in [0.2, 0.25) is 5.91 Å². The van der Waals surface area contributed by atoms with Gasteiger partial charge in [0.25, 0.3) is 0 Å². The van der Waals surface area contributed by atoms with Crippen LogP contribution < -0.4 is 5.32 Å². The van der Waals surface area contributed by atoms with Gasteiger partial charge in [-0.2, -0.15) is 0 Å². The smallest absolute Gasteiger partial charge is 0.236 e. The number of thiophene rings is 1. The highest BCUT2D eigenvalue weighted by molar-refractivity contribution is 7.99. The number of nitrogens with zero attached hydrogens (tertiary/aromatic N) is 4. The number of hydrogen-bond acceptors (Lipinski definition) is 7. The number of hydrogen-bond donors (Lipinski definition) is 1. The van der Waals surface area contributed by atoms with Crippen molar-refractivity contribution in [3.05, 3.63) is 27.9 Å². The zero-order valence-electron chi connectivity index (χ0n) is 14.1. The van der Waals surface area contributed by atoms with Crippen molar-refractivity contribution < 1.29 is 4.79 Å². The molecule has 6 nitrogen and oxygen atoms in total. The first-order chi connectivity index (χ1) is 12.2. The second-order valence-electron chi connectivity index (χ2n) is 5.28. The van der Waals surface area contributed by atoms with E-state index in [1.807, 2.05) is 5.38 Å². The molecule has 3 heterocycles. The fourth-order valence-electron chi connectivity index (χ4n) is 2.34. The SMILES string of the molecule is CCCc1cc(-c2nnc(SCC(=O)Nc3nccs3)n2CC)cs1. The summed E-state index contributed by atoms with van der Waals surface area (Å²) in [6.45, 7) is 5.00. The van der Waals surface area contributed by atoms with Gasteiger partial charge >= 0.3 is 0 Å². The van der Waals surface area contributed by atoms with E-state index in [1.54, 1.807) is 17.5 Å². The van der Waals surface area contributed by atoms with Crippen molar-refractivity contribution in [2.75, 3.05) is 11.1 Å². The summed E-state index contributed by atoms with van der Waals surface area (Å²) in [6, 6.07) is 2.19. The summed E-state index contributed by atoms with van der Waals surface area (Å²) in [6.07, 6.45) is 3.89. The molecule has 3 aromatic rings. The molecule has 0 aliphatic carbocycles. The van der Waals surface area contributed by atoms with Gasteiger partial charge in [-0.15, -0.1) is 32.9 Å². The maximum atomic E-state index is 12.0. The fraction of sp³-hybridized carbons (Fsp3) is 0.375. The van der Waals surface area contributed by atoms with Crippen molar-refractivity contribution in [2.45, 2.75) is 38.4 Å². The first-order valence-electron chi connectivity index (χ1n) is 8.04. The van der Waals surface area contributed by atoms with E-state index in [2.05, 4.69) is 50.4 Å². The summed E-state index contributed by atoms with van der Waals surface area (Å²) >= 11 is 4.56. The van der Waals surface area contributed by atoms with Crippen LogP contribution in [-0.2, 0) is 17.8 Å². The Hall–Kier alpha value is -1.71. The Labute approximate surface area is 158 Å². The summed E-state index contributed by atoms with van der Waals surface area (Å²) in [5.74, 6) is 1.06. The van der Waals surface area contributed by atoms with E-state index in [9.17, 15) is 4.79 Å². The molecule has 0 bridgehead atoms. The number of aromatic nitrogens is 4. The molecule has 25 heavy (non-hydrogen) atoms. The van der Waals surface area contributed by atoms with Gasteiger partial charge < -0.3 is 9.88 Å². The van der Waals surface area contributed by atoms with E-state index < -0.39 is 0 Å². The number of aryl methyl sites for hydroxylation is 1. The Kier molecular flexibility index (Phi) is 6.22. The van der Waals surface area contributed by atoms with Crippen LogP contribution in [0.1, 0.15) is 25.1 Å². The van der Waals surface area contributed by atoms with Gasteiger partial charge in [-0.25, -0.2) is 4.98 Å². The molecule has 0 aromatic carbocycles. The standard InChI is InChI=1S/C16H19N5OS3/c1-3-5-12-8-11(9-24-12)14-19-20-16(21(14)4-2)25-10-13(22)18-15-17-6-7-23-15/h6-9H,3-5,10H2,1-2H3,(H,17,18,22). The van der Waals surface area contributed by atoms with E-state index in [0.717, 1.165) is 35.9 Å². The molecular formula is C16H19N5OS3. The van der Waals surface area contributed by atoms with Gasteiger partial charge in [-0.05, 0) is 19.4 Å². The average Bonchev–Trinajstić information content (AvgIpc) is 3.33. The number of carbonyl (C=O) groups excluding carboxylic acids is 1. The normalized spacial score (nSPS) is 11.0. The van der Waals surface area contributed by atoms with Crippen molar-refractivity contribution in [1.82, 2.24) is 19.7 Å². The molecule has 0 saturated heterocycles. The summed E-state index contributed by atoms with van der Waals surface area (Å²) in [5, 5.41) is 16.7. The minimum Gasteiger partial charge on any atom is -0.302 e. The first-order valence-corrected chi connectivity index (χ1v) is 10.8. The fourth-order valence-corrected chi connectivity index (χ4v) is 4.66. The van der Waals surface area contributed by atoms with Crippen molar-refractivity contribution in [3.8, 4) is 11.4 Å². The largest absolute Gasteiger partial charge is 0.302 e. The van der Waals surface area contributed by atoms with E-state index in [0.29, 0.717) is 5.13 Å². The number of rotatable bonds is 8. The molecule has 1 N–H and O–H groups in total. The summed E-state index contributed by atoms with van der Waals surface area (Å²) < 4.78 is 2.05. The third-order valence-corrected chi connectivity index (χ3v) is 6.10. The van der Waals surface area contributed by atoms with Gasteiger partial charge in [0.15, 0.2) is 16.1 Å². The highest BCUT2D eigenvalue weighted by atomic mass is 32.2. The van der Waals surface area contributed by atoms with Crippen molar-refractivity contribution in [3.63, 3.8) is 0 Å². The molecule has 0 fully saturated rings. The molecule has 0 atom stereocenters. The van der Waals surface area contributed by atoms with Crippen LogP contribution in [0.2, 0.25) is 0 Å². The molecule has 1 amide bonds. The molecule has 0 aliphatic heterocycles. The van der Waals surface area contributed by atoms with Gasteiger partial charge in [-0.3, -0.25) is 4.79 Å². The van der Waals surface area contributed by atoms with Gasteiger partial charge in [0.05, 0.1) is 5.75 Å². The number of thioether (sulfide) groups is 1. The molecule has 3 rings (SSSR count). The first kappa shape index (κ1) is 18.1. The van der Waals surface area contributed by atoms with Gasteiger partial charge in [-0.1, -0.05) is 25.1 Å². The molecule has 0 unspecified atom stereocenters. The lowest BCUT2D eigenvalue weighted by Gasteiger charge is -2.06. The molecule has 0 saturated carbocycles. The Morgan fingerprint density at radius 2 is 2.20 bits per heavy atom. The van der Waals surface area contributed by atoms with E-state index >= 15 is 0 Å². The van der Waals surface area contributed by atoms with Crippen molar-refractivity contribution >= 4 is 45.5 Å². The molecule has 0 aliphatic rings. The van der Waals surface area contributed by atoms with Crippen LogP contribution in [0.5, 0.6) is 0 Å².